The molecule has 10 heteroatoms. The van der Waals surface area contributed by atoms with Crippen LogP contribution < -0.4 is 16.0 Å². The van der Waals surface area contributed by atoms with Gasteiger partial charge in [0.2, 0.25) is 5.76 Å². The predicted molar refractivity (Wildman–Crippen MR) is 147 cm³/mol. The Morgan fingerprint density at radius 2 is 1.49 bits per heavy atom. The quantitative estimate of drug-likeness (QED) is 0.0835. The van der Waals surface area contributed by atoms with Gasteiger partial charge in [0.1, 0.15) is 23.6 Å². The minimum absolute atomic E-state index is 0.246. The number of nitrogens with two attached hydrogens (primary N) is 1. The van der Waals surface area contributed by atoms with Crippen molar-refractivity contribution in [3.8, 4) is 34.1 Å². The third-order valence-corrected chi connectivity index (χ3v) is 5.98. The van der Waals surface area contributed by atoms with Gasteiger partial charge in [-0.25, -0.2) is 15.4 Å². The molecular weight excluding hydrogens is 526 g/mol. The number of hydrogen-bond donors (Lipinski definition) is 2. The SMILES string of the molecule is CC(C)(C)C(=O)Oc1ccc(C(=O)OC(=O)c2occ(-c3ccccc3)c2-c2ccccc2)c(C(=O)NN)c1C#N. The fraction of sp³-hybridized carbons (Fsp3) is 0.129. The molecule has 3 aromatic carbocycles. The lowest BCUT2D eigenvalue weighted by atomic mass is 9.96. The Morgan fingerprint density at radius 3 is 2.05 bits per heavy atom. The van der Waals surface area contributed by atoms with Crippen LogP contribution in [0.4, 0.5) is 0 Å². The zero-order valence-electron chi connectivity index (χ0n) is 22.4. The van der Waals surface area contributed by atoms with Gasteiger partial charge in [-0.1, -0.05) is 60.7 Å². The van der Waals surface area contributed by atoms with Gasteiger partial charge < -0.3 is 13.9 Å². The number of esters is 3. The highest BCUT2D eigenvalue weighted by Gasteiger charge is 2.31. The molecule has 3 N–H and O–H groups in total. The molecule has 0 saturated carbocycles. The van der Waals surface area contributed by atoms with Crippen LogP contribution in [0.5, 0.6) is 5.75 Å². The van der Waals surface area contributed by atoms with Crippen molar-refractivity contribution in [2.24, 2.45) is 11.3 Å². The van der Waals surface area contributed by atoms with E-state index < -0.39 is 45.9 Å². The summed E-state index contributed by atoms with van der Waals surface area (Å²) in [5.41, 5.74) is 1.90. The molecule has 4 aromatic rings. The summed E-state index contributed by atoms with van der Waals surface area (Å²) in [5.74, 6) is 0.689. The third-order valence-electron chi connectivity index (χ3n) is 5.98. The zero-order chi connectivity index (χ0) is 29.7. The van der Waals surface area contributed by atoms with E-state index in [1.165, 1.54) is 6.26 Å². The molecule has 0 fully saturated rings. The lowest BCUT2D eigenvalue weighted by Crippen LogP contribution is -2.33. The Hall–Kier alpha value is -5.53. The first kappa shape index (κ1) is 28.5. The first-order valence-electron chi connectivity index (χ1n) is 12.4. The number of benzene rings is 3. The van der Waals surface area contributed by atoms with E-state index in [2.05, 4.69) is 0 Å². The van der Waals surface area contributed by atoms with Crippen LogP contribution in [-0.4, -0.2) is 23.8 Å². The number of furan rings is 1. The summed E-state index contributed by atoms with van der Waals surface area (Å²) in [4.78, 5) is 51.6. The molecule has 0 saturated heterocycles. The summed E-state index contributed by atoms with van der Waals surface area (Å²) in [6.45, 7) is 4.81. The molecule has 0 radical (unpaired) electrons. The van der Waals surface area contributed by atoms with E-state index in [4.69, 9.17) is 19.7 Å². The van der Waals surface area contributed by atoms with Crippen LogP contribution in [-0.2, 0) is 9.53 Å². The largest absolute Gasteiger partial charge is 0.456 e. The maximum atomic E-state index is 13.3. The fourth-order valence-electron chi connectivity index (χ4n) is 3.93. The zero-order valence-corrected chi connectivity index (χ0v) is 22.4. The Kier molecular flexibility index (Phi) is 8.12. The number of hydrogen-bond acceptors (Lipinski definition) is 9. The van der Waals surface area contributed by atoms with Gasteiger partial charge in [0.25, 0.3) is 5.91 Å². The molecule has 1 amide bonds. The van der Waals surface area contributed by atoms with Gasteiger partial charge in [0.05, 0.1) is 16.5 Å². The average molecular weight is 552 g/mol. The standard InChI is InChI=1S/C31H25N3O7/c1-31(2,3)30(38)40-23-15-14-20(25(21(23)16-32)27(35)34-33)28(36)41-29(37)26-24(19-12-8-5-9-13-19)22(17-39-26)18-10-6-4-7-11-18/h4-15,17H,33H2,1-3H3,(H,34,35). The monoisotopic (exact) mass is 551 g/mol. The Morgan fingerprint density at radius 1 is 0.878 bits per heavy atom. The molecule has 0 unspecified atom stereocenters. The van der Waals surface area contributed by atoms with E-state index in [9.17, 15) is 24.4 Å². The van der Waals surface area contributed by atoms with Crippen molar-refractivity contribution in [2.75, 3.05) is 0 Å². The van der Waals surface area contributed by atoms with E-state index in [1.807, 2.05) is 41.8 Å². The molecule has 4 rings (SSSR count). The highest BCUT2D eigenvalue weighted by atomic mass is 16.6. The van der Waals surface area contributed by atoms with Crippen LogP contribution in [0.3, 0.4) is 0 Å². The number of rotatable bonds is 6. The summed E-state index contributed by atoms with van der Waals surface area (Å²) in [6, 6.07) is 22.1. The summed E-state index contributed by atoms with van der Waals surface area (Å²) in [5, 5.41) is 9.80. The number of nitrogens with zero attached hydrogens (tertiary/aromatic N) is 1. The van der Waals surface area contributed by atoms with Crippen LogP contribution in [0.25, 0.3) is 22.3 Å². The van der Waals surface area contributed by atoms with Crippen LogP contribution in [0.15, 0.2) is 83.5 Å². The number of hydrazine groups is 1. The number of nitrogen functional groups attached to an aromatic ring is 1. The molecule has 206 valence electrons. The molecule has 0 spiro atoms. The van der Waals surface area contributed by atoms with Crippen molar-refractivity contribution >= 4 is 23.8 Å². The highest BCUT2D eigenvalue weighted by molar-refractivity contribution is 6.12. The average Bonchev–Trinajstić information content (AvgIpc) is 3.42. The second-order valence-corrected chi connectivity index (χ2v) is 9.85. The lowest BCUT2D eigenvalue weighted by molar-refractivity contribution is -0.143. The van der Waals surface area contributed by atoms with Gasteiger partial charge in [-0.2, -0.15) is 5.26 Å². The van der Waals surface area contributed by atoms with Gasteiger partial charge in [-0.3, -0.25) is 15.0 Å². The fourth-order valence-corrected chi connectivity index (χ4v) is 3.93. The summed E-state index contributed by atoms with van der Waals surface area (Å²) in [7, 11) is 0. The van der Waals surface area contributed by atoms with Gasteiger partial charge in [0.15, 0.2) is 0 Å². The normalized spacial score (nSPS) is 10.8. The molecule has 1 aromatic heterocycles. The maximum absolute atomic E-state index is 13.3. The summed E-state index contributed by atoms with van der Waals surface area (Å²) in [6.07, 6.45) is 1.39. The molecule has 41 heavy (non-hydrogen) atoms. The van der Waals surface area contributed by atoms with Gasteiger partial charge in [-0.05, 0) is 44.0 Å². The number of carbonyl (C=O) groups excluding carboxylic acids is 4. The third kappa shape index (κ3) is 5.90. The summed E-state index contributed by atoms with van der Waals surface area (Å²) >= 11 is 0. The number of nitriles is 1. The van der Waals surface area contributed by atoms with Crippen molar-refractivity contribution < 1.29 is 33.1 Å². The molecule has 0 aliphatic carbocycles. The lowest BCUT2D eigenvalue weighted by Gasteiger charge is -2.18. The number of amides is 1. The Bertz CT molecular complexity index is 1680. The number of ether oxygens (including phenoxy) is 2. The first-order chi connectivity index (χ1) is 19.6. The van der Waals surface area contributed by atoms with E-state index in [1.54, 1.807) is 51.1 Å². The molecular formula is C31H25N3O7. The number of carbonyl (C=O) groups is 4. The Balaban J connectivity index is 1.74. The van der Waals surface area contributed by atoms with E-state index in [-0.39, 0.29) is 11.5 Å². The molecule has 0 bridgehead atoms. The first-order valence-corrected chi connectivity index (χ1v) is 12.4. The van der Waals surface area contributed by atoms with Crippen molar-refractivity contribution in [1.29, 1.82) is 5.26 Å². The van der Waals surface area contributed by atoms with Crippen LogP contribution in [0, 0.1) is 16.7 Å². The molecule has 1 heterocycles. The molecule has 0 aliphatic rings. The maximum Gasteiger partial charge on any atom is 0.382 e. The van der Waals surface area contributed by atoms with Crippen molar-refractivity contribution in [2.45, 2.75) is 20.8 Å². The van der Waals surface area contributed by atoms with Crippen molar-refractivity contribution in [3.05, 3.63) is 102 Å². The van der Waals surface area contributed by atoms with Crippen molar-refractivity contribution in [1.82, 2.24) is 5.43 Å². The van der Waals surface area contributed by atoms with E-state index in [0.29, 0.717) is 16.7 Å². The number of nitrogens with one attached hydrogen (secondary N) is 1. The van der Waals surface area contributed by atoms with Gasteiger partial charge in [-0.15, -0.1) is 0 Å². The van der Waals surface area contributed by atoms with E-state index in [0.717, 1.165) is 17.7 Å². The minimum atomic E-state index is -1.25. The second kappa shape index (κ2) is 11.7. The van der Waals surface area contributed by atoms with Gasteiger partial charge in [0, 0.05) is 11.1 Å². The highest BCUT2D eigenvalue weighted by Crippen LogP contribution is 2.37. The van der Waals surface area contributed by atoms with Crippen LogP contribution in [0.2, 0.25) is 0 Å². The van der Waals surface area contributed by atoms with Crippen LogP contribution in [0.1, 0.15) is 57.6 Å². The second-order valence-electron chi connectivity index (χ2n) is 9.85. The predicted octanol–water partition coefficient (Wildman–Crippen LogP) is 5.04. The minimum Gasteiger partial charge on any atom is -0.456 e. The van der Waals surface area contributed by atoms with Gasteiger partial charge >= 0.3 is 17.9 Å². The molecule has 0 aliphatic heterocycles. The van der Waals surface area contributed by atoms with Crippen molar-refractivity contribution in [3.63, 3.8) is 0 Å². The summed E-state index contributed by atoms with van der Waals surface area (Å²) < 4.78 is 16.1. The Labute approximate surface area is 235 Å². The topological polar surface area (TPSA) is 162 Å². The smallest absolute Gasteiger partial charge is 0.382 e. The molecule has 0 atom stereocenters. The molecule has 10 nitrogen and oxygen atoms in total. The van der Waals surface area contributed by atoms with E-state index >= 15 is 0 Å². The van der Waals surface area contributed by atoms with Crippen LogP contribution >= 0.6 is 0 Å².